The highest BCUT2D eigenvalue weighted by molar-refractivity contribution is 6.74. The number of carbonyl (C=O) groups is 2. The number of benzene rings is 2. The fourth-order valence-corrected chi connectivity index (χ4v) is 4.34. The Hall–Kier alpha value is -2.93. The van der Waals surface area contributed by atoms with E-state index in [0.717, 1.165) is 17.8 Å². The van der Waals surface area contributed by atoms with Gasteiger partial charge in [-0.05, 0) is 43.1 Å². The van der Waals surface area contributed by atoms with Crippen molar-refractivity contribution in [1.29, 1.82) is 0 Å². The van der Waals surface area contributed by atoms with Gasteiger partial charge in [-0.2, -0.15) is 0 Å². The molecule has 6 nitrogen and oxygen atoms in total. The number of nitrogens with one attached hydrogen (secondary N) is 1. The number of hydrogen-bond donors (Lipinski definition) is 1. The molecule has 3 rings (SSSR count). The van der Waals surface area contributed by atoms with Crippen LogP contribution in [0.1, 0.15) is 55.9 Å². The molecule has 0 atom stereocenters. The molecule has 0 aliphatic heterocycles. The molecule has 1 heterocycles. The molecule has 0 amide bonds. The highest BCUT2D eigenvalue weighted by Crippen LogP contribution is 2.38. The summed E-state index contributed by atoms with van der Waals surface area (Å²) in [4.78, 5) is 33.1. The Kier molecular flexibility index (Phi) is 7.42. The number of aromatic amines is 1. The molecule has 0 spiro atoms. The highest BCUT2D eigenvalue weighted by atomic mass is 28.4. The van der Waals surface area contributed by atoms with Crippen molar-refractivity contribution in [3.05, 3.63) is 59.4 Å². The average Bonchev–Trinajstić information content (AvgIpc) is 3.14. The SMILES string of the molecule is CCOC(=O)CC(=O)c1cc(O[Si](C)(C)C(C)(C)C)cc2[nH]c(CCc3ccccc3)nc12. The van der Waals surface area contributed by atoms with Crippen LogP contribution in [0.5, 0.6) is 5.75 Å². The molecular formula is C26H34N2O4Si. The van der Waals surface area contributed by atoms with Crippen molar-refractivity contribution in [1.82, 2.24) is 9.97 Å². The number of Topliss-reactive ketones (excluding diaryl/α,β-unsaturated/α-hetero) is 1. The van der Waals surface area contributed by atoms with Gasteiger partial charge in [0.1, 0.15) is 18.0 Å². The van der Waals surface area contributed by atoms with E-state index in [-0.39, 0.29) is 23.8 Å². The normalized spacial score (nSPS) is 12.1. The van der Waals surface area contributed by atoms with Crippen molar-refractivity contribution in [3.63, 3.8) is 0 Å². The standard InChI is InChI=1S/C26H34N2O4Si/c1-7-31-24(30)17-22(29)20-15-19(32-33(5,6)26(2,3)4)16-21-25(20)28-23(27-21)14-13-18-11-9-8-10-12-18/h8-12,15-16H,7,13-14,17H2,1-6H3,(H,27,28). The van der Waals surface area contributed by atoms with Crippen molar-refractivity contribution in [2.45, 2.75) is 65.1 Å². The number of aryl methyl sites for hydroxylation is 2. The van der Waals surface area contributed by atoms with E-state index < -0.39 is 14.3 Å². The molecule has 3 aromatic rings. The average molecular weight is 467 g/mol. The third-order valence-electron chi connectivity index (χ3n) is 6.19. The van der Waals surface area contributed by atoms with E-state index in [1.165, 1.54) is 5.56 Å². The quantitative estimate of drug-likeness (QED) is 0.185. The first-order valence-electron chi connectivity index (χ1n) is 11.4. The number of aromatic nitrogens is 2. The molecule has 0 saturated heterocycles. The summed E-state index contributed by atoms with van der Waals surface area (Å²) < 4.78 is 11.5. The molecule has 33 heavy (non-hydrogen) atoms. The molecule has 1 N–H and O–H groups in total. The smallest absolute Gasteiger partial charge is 0.313 e. The van der Waals surface area contributed by atoms with Gasteiger partial charge < -0.3 is 14.1 Å². The predicted molar refractivity (Wildman–Crippen MR) is 133 cm³/mol. The van der Waals surface area contributed by atoms with Crippen LogP contribution in [0.4, 0.5) is 0 Å². The summed E-state index contributed by atoms with van der Waals surface area (Å²) in [6.45, 7) is 12.8. The molecule has 176 valence electrons. The van der Waals surface area contributed by atoms with Crippen LogP contribution in [-0.2, 0) is 22.4 Å². The van der Waals surface area contributed by atoms with E-state index in [9.17, 15) is 9.59 Å². The molecule has 0 bridgehead atoms. The Balaban J connectivity index is 1.97. The number of H-pyrrole nitrogens is 1. The highest BCUT2D eigenvalue weighted by Gasteiger charge is 2.39. The van der Waals surface area contributed by atoms with Gasteiger partial charge in [0.25, 0.3) is 0 Å². The topological polar surface area (TPSA) is 81.3 Å². The maximum absolute atomic E-state index is 13.0. The van der Waals surface area contributed by atoms with Crippen LogP contribution < -0.4 is 4.43 Å². The van der Waals surface area contributed by atoms with Gasteiger partial charge in [-0.15, -0.1) is 0 Å². The van der Waals surface area contributed by atoms with Gasteiger partial charge in [-0.1, -0.05) is 51.1 Å². The van der Waals surface area contributed by atoms with E-state index in [1.54, 1.807) is 13.0 Å². The Bertz CT molecular complexity index is 1130. The first kappa shape index (κ1) is 24.7. The van der Waals surface area contributed by atoms with Crippen LogP contribution in [0, 0.1) is 0 Å². The zero-order valence-corrected chi connectivity index (χ0v) is 21.5. The summed E-state index contributed by atoms with van der Waals surface area (Å²) in [6.07, 6.45) is 1.22. The summed E-state index contributed by atoms with van der Waals surface area (Å²) >= 11 is 0. The number of ketones is 1. The summed E-state index contributed by atoms with van der Waals surface area (Å²) in [5.41, 5.74) is 2.91. The molecule has 0 unspecified atom stereocenters. The first-order valence-corrected chi connectivity index (χ1v) is 14.4. The molecule has 0 radical (unpaired) electrons. The molecule has 0 saturated carbocycles. The zero-order valence-electron chi connectivity index (χ0n) is 20.5. The van der Waals surface area contributed by atoms with Crippen molar-refractivity contribution < 1.29 is 18.8 Å². The lowest BCUT2D eigenvalue weighted by molar-refractivity contribution is -0.141. The largest absolute Gasteiger partial charge is 0.543 e. The van der Waals surface area contributed by atoms with Crippen molar-refractivity contribution >= 4 is 31.1 Å². The van der Waals surface area contributed by atoms with Gasteiger partial charge in [0, 0.05) is 18.1 Å². The minimum atomic E-state index is -2.13. The summed E-state index contributed by atoms with van der Waals surface area (Å²) in [7, 11) is -2.13. The third kappa shape index (κ3) is 6.10. The van der Waals surface area contributed by atoms with Crippen LogP contribution in [0.3, 0.4) is 0 Å². The number of fused-ring (bicyclic) bond motifs is 1. The summed E-state index contributed by atoms with van der Waals surface area (Å²) in [6, 6.07) is 13.8. The van der Waals surface area contributed by atoms with Crippen LogP contribution in [-0.4, -0.2) is 36.6 Å². The summed E-state index contributed by atoms with van der Waals surface area (Å²) in [5, 5.41) is 0.00584. The number of rotatable bonds is 9. The second kappa shape index (κ2) is 9.91. The molecule has 0 aliphatic rings. The molecule has 1 aromatic heterocycles. The maximum atomic E-state index is 13.0. The van der Waals surface area contributed by atoms with Crippen LogP contribution in [0.2, 0.25) is 18.1 Å². The molecule has 2 aromatic carbocycles. The molecular weight excluding hydrogens is 432 g/mol. The van der Waals surface area contributed by atoms with Crippen LogP contribution >= 0.6 is 0 Å². The van der Waals surface area contributed by atoms with Gasteiger partial charge in [0.15, 0.2) is 5.78 Å². The van der Waals surface area contributed by atoms with E-state index in [1.807, 2.05) is 24.3 Å². The van der Waals surface area contributed by atoms with E-state index in [0.29, 0.717) is 23.3 Å². The van der Waals surface area contributed by atoms with Crippen LogP contribution in [0.25, 0.3) is 11.0 Å². The van der Waals surface area contributed by atoms with Crippen molar-refractivity contribution in [2.75, 3.05) is 6.61 Å². The lowest BCUT2D eigenvalue weighted by Gasteiger charge is -2.36. The van der Waals surface area contributed by atoms with E-state index in [2.05, 4.69) is 51.0 Å². The van der Waals surface area contributed by atoms with E-state index >= 15 is 0 Å². The predicted octanol–water partition coefficient (Wildman–Crippen LogP) is 5.87. The Morgan fingerprint density at radius 2 is 1.76 bits per heavy atom. The number of esters is 1. The Morgan fingerprint density at radius 3 is 2.39 bits per heavy atom. The minimum absolute atomic E-state index is 0.00584. The van der Waals surface area contributed by atoms with Crippen LogP contribution in [0.15, 0.2) is 42.5 Å². The van der Waals surface area contributed by atoms with Gasteiger partial charge in [0.05, 0.1) is 17.6 Å². The Morgan fingerprint density at radius 1 is 1.06 bits per heavy atom. The number of nitrogens with zero attached hydrogens (tertiary/aromatic N) is 1. The fraction of sp³-hybridized carbons (Fsp3) is 0.423. The van der Waals surface area contributed by atoms with Crippen molar-refractivity contribution in [2.24, 2.45) is 0 Å². The third-order valence-corrected chi connectivity index (χ3v) is 10.6. The number of carbonyl (C=O) groups excluding carboxylic acids is 2. The lowest BCUT2D eigenvalue weighted by Crippen LogP contribution is -2.43. The minimum Gasteiger partial charge on any atom is -0.543 e. The van der Waals surface area contributed by atoms with Gasteiger partial charge in [-0.3, -0.25) is 9.59 Å². The number of imidazole rings is 1. The Labute approximate surface area is 196 Å². The first-order chi connectivity index (χ1) is 15.5. The van der Waals surface area contributed by atoms with Gasteiger partial charge in [0.2, 0.25) is 8.32 Å². The van der Waals surface area contributed by atoms with E-state index in [4.69, 9.17) is 14.1 Å². The second-order valence-electron chi connectivity index (χ2n) is 9.80. The molecule has 0 fully saturated rings. The lowest BCUT2D eigenvalue weighted by atomic mass is 10.1. The molecule has 7 heteroatoms. The fourth-order valence-electron chi connectivity index (χ4n) is 3.33. The van der Waals surface area contributed by atoms with Crippen molar-refractivity contribution in [3.8, 4) is 5.75 Å². The van der Waals surface area contributed by atoms with Gasteiger partial charge >= 0.3 is 5.97 Å². The monoisotopic (exact) mass is 466 g/mol. The zero-order chi connectivity index (χ0) is 24.2. The number of ether oxygens (including phenoxy) is 1. The second-order valence-corrected chi connectivity index (χ2v) is 14.5. The maximum Gasteiger partial charge on any atom is 0.313 e. The molecule has 0 aliphatic carbocycles. The van der Waals surface area contributed by atoms with Gasteiger partial charge in [-0.25, -0.2) is 4.98 Å². The summed E-state index contributed by atoms with van der Waals surface area (Å²) in [5.74, 6) is 0.564. The number of hydrogen-bond acceptors (Lipinski definition) is 5.